The molecule has 0 atom stereocenters. The number of hydrogen-bond acceptors (Lipinski definition) is 6. The van der Waals surface area contributed by atoms with Crippen LogP contribution < -0.4 is 0 Å². The minimum atomic E-state index is -1.09. The molecule has 0 amide bonds. The average molecular weight is 975 g/mol. The van der Waals surface area contributed by atoms with Crippen LogP contribution in [0.15, 0.2) is 182 Å². The maximum absolute atomic E-state index is 12.1. The molecule has 9 aromatic carbocycles. The molecule has 0 heterocycles. The van der Waals surface area contributed by atoms with Crippen LogP contribution in [-0.4, -0.2) is 66.5 Å². The molecule has 3 aliphatic carbocycles. The summed E-state index contributed by atoms with van der Waals surface area (Å²) in [5.74, 6) is -7.54. The lowest BCUT2D eigenvalue weighted by atomic mass is 9.59. The van der Waals surface area contributed by atoms with Crippen LogP contribution in [0.4, 0.5) is 0 Å². The Balaban J connectivity index is 1.23. The van der Waals surface area contributed by atoms with Crippen molar-refractivity contribution in [2.24, 2.45) is 0 Å². The van der Waals surface area contributed by atoms with Crippen molar-refractivity contribution in [2.45, 2.75) is 11.8 Å². The molecule has 0 radical (unpaired) electrons. The van der Waals surface area contributed by atoms with Gasteiger partial charge in [-0.3, -0.25) is 0 Å². The highest BCUT2D eigenvalue weighted by molar-refractivity contribution is 5.97. The normalized spacial score (nSPS) is 13.8. The first-order valence-corrected chi connectivity index (χ1v) is 23.2. The molecule has 12 heteroatoms. The van der Waals surface area contributed by atoms with Crippen LogP contribution in [0, 0.1) is 0 Å². The summed E-state index contributed by atoms with van der Waals surface area (Å²) in [7, 11) is 0. The molecule has 6 N–H and O–H groups in total. The third kappa shape index (κ3) is 7.92. The van der Waals surface area contributed by atoms with Gasteiger partial charge in [0.1, 0.15) is 0 Å². The molecular weight excluding hydrogens is 937 g/mol. The first-order chi connectivity index (χ1) is 35.6. The summed E-state index contributed by atoms with van der Waals surface area (Å²) < 4.78 is 0. The van der Waals surface area contributed by atoms with Crippen LogP contribution >= 0.6 is 0 Å². The molecule has 2 bridgehead atoms. The van der Waals surface area contributed by atoms with E-state index in [1.807, 2.05) is 0 Å². The van der Waals surface area contributed by atoms with Crippen LogP contribution in [0.25, 0.3) is 66.8 Å². The molecule has 0 fully saturated rings. The summed E-state index contributed by atoms with van der Waals surface area (Å²) in [5, 5.41) is 59.1. The fraction of sp³-hybridized carbons (Fsp3) is 0.0323. The van der Waals surface area contributed by atoms with Gasteiger partial charge in [0.15, 0.2) is 0 Å². The Morgan fingerprint density at radius 2 is 0.338 bits per heavy atom. The zero-order chi connectivity index (χ0) is 51.7. The highest BCUT2D eigenvalue weighted by Gasteiger charge is 2.43. The molecule has 0 aliphatic heterocycles. The first kappa shape index (κ1) is 46.2. The molecule has 0 saturated heterocycles. The smallest absolute Gasteiger partial charge is 0.335 e. The Hall–Kier alpha value is -10.2. The van der Waals surface area contributed by atoms with Crippen molar-refractivity contribution >= 4 is 35.8 Å². The molecule has 358 valence electrons. The Bertz CT molecular complexity index is 3200. The Kier molecular flexibility index (Phi) is 11.2. The van der Waals surface area contributed by atoms with Crippen LogP contribution in [0.1, 0.15) is 107 Å². The Morgan fingerprint density at radius 1 is 0.216 bits per heavy atom. The van der Waals surface area contributed by atoms with E-state index in [4.69, 9.17) is 0 Å². The monoisotopic (exact) mass is 974 g/mol. The number of carbonyl (C=O) groups is 6. The number of rotatable bonds is 12. The van der Waals surface area contributed by atoms with E-state index in [2.05, 4.69) is 36.4 Å². The number of carboxylic acid groups (broad SMARTS) is 6. The topological polar surface area (TPSA) is 224 Å². The third-order valence-corrected chi connectivity index (χ3v) is 14.2. The van der Waals surface area contributed by atoms with Crippen molar-refractivity contribution in [3.63, 3.8) is 0 Å². The highest BCUT2D eigenvalue weighted by atomic mass is 16.4. The van der Waals surface area contributed by atoms with E-state index >= 15 is 0 Å². The lowest BCUT2D eigenvalue weighted by Crippen LogP contribution is -2.28. The first-order valence-electron chi connectivity index (χ1n) is 23.2. The van der Waals surface area contributed by atoms with Gasteiger partial charge in [0.2, 0.25) is 0 Å². The van der Waals surface area contributed by atoms with Gasteiger partial charge in [-0.15, -0.1) is 0 Å². The van der Waals surface area contributed by atoms with Crippen molar-refractivity contribution in [3.8, 4) is 66.8 Å². The fourth-order valence-corrected chi connectivity index (χ4v) is 10.6. The third-order valence-electron chi connectivity index (χ3n) is 14.2. The lowest BCUT2D eigenvalue weighted by Gasteiger charge is -2.44. The Labute approximate surface area is 421 Å². The highest BCUT2D eigenvalue weighted by Crippen LogP contribution is 2.60. The van der Waals surface area contributed by atoms with Gasteiger partial charge in [-0.25, -0.2) is 28.8 Å². The van der Waals surface area contributed by atoms with Crippen LogP contribution in [0.5, 0.6) is 0 Å². The predicted molar refractivity (Wildman–Crippen MR) is 276 cm³/mol. The number of aromatic carboxylic acids is 6. The largest absolute Gasteiger partial charge is 0.478 e. The second kappa shape index (κ2) is 17.9. The zero-order valence-corrected chi connectivity index (χ0v) is 38.6. The molecule has 12 rings (SSSR count). The minimum Gasteiger partial charge on any atom is -0.478 e. The molecule has 0 unspecified atom stereocenters. The van der Waals surface area contributed by atoms with E-state index in [1.54, 1.807) is 72.8 Å². The molecular formula is C62H38O12. The second-order valence-corrected chi connectivity index (χ2v) is 18.2. The van der Waals surface area contributed by atoms with Crippen LogP contribution in [0.2, 0.25) is 0 Å². The summed E-state index contributed by atoms with van der Waals surface area (Å²) in [6, 6.07) is 51.9. The van der Waals surface area contributed by atoms with Gasteiger partial charge in [-0.2, -0.15) is 0 Å². The van der Waals surface area contributed by atoms with E-state index < -0.39 is 47.7 Å². The van der Waals surface area contributed by atoms with Gasteiger partial charge >= 0.3 is 35.8 Å². The maximum atomic E-state index is 12.1. The van der Waals surface area contributed by atoms with Gasteiger partial charge in [-0.05, 0) is 209 Å². The molecule has 0 spiro atoms. The van der Waals surface area contributed by atoms with Crippen molar-refractivity contribution in [1.29, 1.82) is 0 Å². The van der Waals surface area contributed by atoms with Crippen LogP contribution in [0.3, 0.4) is 0 Å². The molecule has 0 saturated carbocycles. The molecule has 3 aliphatic rings. The molecule has 0 aromatic heterocycles. The van der Waals surface area contributed by atoms with E-state index in [9.17, 15) is 59.4 Å². The predicted octanol–water partition coefficient (Wildman–Crippen LogP) is 12.9. The van der Waals surface area contributed by atoms with E-state index in [0.29, 0.717) is 33.4 Å². The average Bonchev–Trinajstić information content (AvgIpc) is 3.43. The molecule has 12 nitrogen and oxygen atoms in total. The number of carboxylic acids is 6. The van der Waals surface area contributed by atoms with E-state index in [0.717, 1.165) is 66.8 Å². The summed E-state index contributed by atoms with van der Waals surface area (Å²) in [5.41, 5.74) is 14.8. The fourth-order valence-electron chi connectivity index (χ4n) is 10.6. The van der Waals surface area contributed by atoms with Gasteiger partial charge < -0.3 is 30.6 Å². The summed E-state index contributed by atoms with van der Waals surface area (Å²) in [6.07, 6.45) is 0. The second-order valence-electron chi connectivity index (χ2n) is 18.2. The minimum absolute atomic E-state index is 0.0932. The summed E-state index contributed by atoms with van der Waals surface area (Å²) >= 11 is 0. The number of benzene rings is 9. The van der Waals surface area contributed by atoms with E-state index in [-0.39, 0.29) is 33.4 Å². The van der Waals surface area contributed by atoms with E-state index in [1.165, 1.54) is 72.8 Å². The number of hydrogen-bond donors (Lipinski definition) is 6. The Morgan fingerprint density at radius 3 is 0.446 bits per heavy atom. The van der Waals surface area contributed by atoms with Crippen molar-refractivity contribution in [2.75, 3.05) is 0 Å². The molecule has 9 aromatic rings. The van der Waals surface area contributed by atoms with Crippen LogP contribution in [-0.2, 0) is 0 Å². The van der Waals surface area contributed by atoms with Gasteiger partial charge in [0.05, 0.1) is 33.4 Å². The van der Waals surface area contributed by atoms with Gasteiger partial charge in [0, 0.05) is 11.8 Å². The zero-order valence-electron chi connectivity index (χ0n) is 38.6. The quantitative estimate of drug-likeness (QED) is 0.0673. The standard InChI is InChI=1S/C62H38O12/c63-57(64)37-13-1-31(2-14-37)43-25-49-50(26-44(43)32-3-15-38(16-4-32)58(65)66)56-53-29-47(35-9-21-41(22-10-35)61(71)72)45(33-5-17-39(18-6-33)59(67)68)27-51(53)55(49)52-28-46(34-7-19-40(20-8-34)60(69)70)48(30-54(52)56)36-11-23-42(24-12-36)62(73)74/h1-30,55-56H,(H,63,64)(H,65,66)(H,67,68)(H,69,70)(H,71,72)(H,73,74). The van der Waals surface area contributed by atoms with Crippen molar-refractivity contribution in [1.82, 2.24) is 0 Å². The maximum Gasteiger partial charge on any atom is 0.335 e. The lowest BCUT2D eigenvalue weighted by molar-refractivity contribution is 0.0686. The van der Waals surface area contributed by atoms with Crippen molar-refractivity contribution < 1.29 is 59.4 Å². The SMILES string of the molecule is O=C(O)c1ccc(-c2cc3c(cc2-c2ccc(C(=O)O)cc2)C2c4cc(-c5ccc(C(=O)O)cc5)c(-c5ccc(C(=O)O)cc5)cc4C3c3cc(-c4ccc(C(=O)O)cc4)c(-c4ccc(C(=O)O)cc4)cc32)cc1. The summed E-state index contributed by atoms with van der Waals surface area (Å²) in [6.45, 7) is 0. The van der Waals surface area contributed by atoms with Gasteiger partial charge in [0.25, 0.3) is 0 Å². The van der Waals surface area contributed by atoms with Gasteiger partial charge in [-0.1, -0.05) is 72.8 Å². The molecule has 74 heavy (non-hydrogen) atoms. The van der Waals surface area contributed by atoms with Crippen molar-refractivity contribution in [3.05, 3.63) is 249 Å². The summed E-state index contributed by atoms with van der Waals surface area (Å²) in [4.78, 5) is 72.3.